The van der Waals surface area contributed by atoms with Gasteiger partial charge in [-0.05, 0) is 38.5 Å². The number of nitrogens with zero attached hydrogens (tertiary/aromatic N) is 3. The average molecular weight is 304 g/mol. The van der Waals surface area contributed by atoms with Gasteiger partial charge in [0.25, 0.3) is 0 Å². The van der Waals surface area contributed by atoms with Gasteiger partial charge in [-0.25, -0.2) is 9.97 Å². The molecule has 2 aromatic rings. The summed E-state index contributed by atoms with van der Waals surface area (Å²) in [6.45, 7) is 5.33. The molecular formula is C16H24N4S. The fourth-order valence-corrected chi connectivity index (χ4v) is 4.56. The van der Waals surface area contributed by atoms with Crippen molar-refractivity contribution in [3.63, 3.8) is 0 Å². The predicted octanol–water partition coefficient (Wildman–Crippen LogP) is 3.70. The second-order valence-corrected chi connectivity index (χ2v) is 7.48. The van der Waals surface area contributed by atoms with Crippen molar-refractivity contribution in [3.8, 4) is 0 Å². The number of thioether (sulfide) groups is 1. The lowest BCUT2D eigenvalue weighted by Gasteiger charge is -2.36. The van der Waals surface area contributed by atoms with Crippen LogP contribution < -0.4 is 5.73 Å². The third-order valence-electron chi connectivity index (χ3n) is 5.08. The summed E-state index contributed by atoms with van der Waals surface area (Å²) in [5.41, 5.74) is 9.56. The molecule has 1 aliphatic rings. The Morgan fingerprint density at radius 1 is 1.24 bits per heavy atom. The van der Waals surface area contributed by atoms with Crippen LogP contribution in [0.2, 0.25) is 0 Å². The van der Waals surface area contributed by atoms with E-state index in [1.807, 2.05) is 11.8 Å². The van der Waals surface area contributed by atoms with Gasteiger partial charge in [0.15, 0.2) is 0 Å². The highest BCUT2D eigenvalue weighted by molar-refractivity contribution is 8.00. The normalized spacial score (nSPS) is 18.2. The second kappa shape index (κ2) is 5.52. The van der Waals surface area contributed by atoms with Crippen LogP contribution in [0, 0.1) is 13.8 Å². The molecule has 1 aliphatic carbocycles. The monoisotopic (exact) mass is 304 g/mol. The summed E-state index contributed by atoms with van der Waals surface area (Å²) in [7, 11) is 0. The van der Waals surface area contributed by atoms with Crippen LogP contribution in [-0.4, -0.2) is 25.5 Å². The number of fused-ring (bicyclic) bond motifs is 1. The minimum atomic E-state index is 0.348. The number of nitrogens with two attached hydrogens (primary N) is 1. The minimum Gasteiger partial charge on any atom is -0.383 e. The molecule has 0 bridgehead atoms. The van der Waals surface area contributed by atoms with Crippen LogP contribution >= 0.6 is 11.8 Å². The van der Waals surface area contributed by atoms with Crippen molar-refractivity contribution in [2.24, 2.45) is 0 Å². The Labute approximate surface area is 130 Å². The van der Waals surface area contributed by atoms with Gasteiger partial charge in [-0.1, -0.05) is 19.3 Å². The summed E-state index contributed by atoms with van der Waals surface area (Å²) >= 11 is 2.02. The van der Waals surface area contributed by atoms with Crippen molar-refractivity contribution in [1.82, 2.24) is 14.5 Å². The number of hydrogen-bond donors (Lipinski definition) is 1. The maximum absolute atomic E-state index is 6.07. The number of rotatable bonds is 3. The molecule has 0 radical (unpaired) electrons. The van der Waals surface area contributed by atoms with Crippen LogP contribution in [0.5, 0.6) is 0 Å². The zero-order chi connectivity index (χ0) is 15.0. The molecule has 114 valence electrons. The molecule has 2 heterocycles. The van der Waals surface area contributed by atoms with Gasteiger partial charge in [-0.15, -0.1) is 0 Å². The number of hydrogen-bond acceptors (Lipinski definition) is 4. The smallest absolute Gasteiger partial charge is 0.145 e. The fourth-order valence-electron chi connectivity index (χ4n) is 3.60. The van der Waals surface area contributed by atoms with Gasteiger partial charge in [0, 0.05) is 17.0 Å². The Kier molecular flexibility index (Phi) is 3.86. The quantitative estimate of drug-likeness (QED) is 0.939. The summed E-state index contributed by atoms with van der Waals surface area (Å²) in [5, 5.41) is 1.03. The van der Waals surface area contributed by atoms with E-state index in [0.717, 1.165) is 17.6 Å². The molecule has 0 unspecified atom stereocenters. The number of aryl methyl sites for hydroxylation is 1. The van der Waals surface area contributed by atoms with Gasteiger partial charge in [-0.3, -0.25) is 0 Å². The van der Waals surface area contributed by atoms with E-state index in [1.165, 1.54) is 43.4 Å². The predicted molar refractivity (Wildman–Crippen MR) is 90.7 cm³/mol. The molecule has 4 nitrogen and oxygen atoms in total. The van der Waals surface area contributed by atoms with E-state index in [-0.39, 0.29) is 0 Å². The lowest BCUT2D eigenvalue weighted by atomic mass is 9.88. The molecule has 21 heavy (non-hydrogen) atoms. The van der Waals surface area contributed by atoms with Crippen LogP contribution in [0.4, 0.5) is 5.82 Å². The van der Waals surface area contributed by atoms with Gasteiger partial charge in [0.05, 0.1) is 5.39 Å². The van der Waals surface area contributed by atoms with Gasteiger partial charge >= 0.3 is 0 Å². The first-order chi connectivity index (χ1) is 10.1. The highest BCUT2D eigenvalue weighted by Gasteiger charge is 2.33. The van der Waals surface area contributed by atoms with E-state index in [9.17, 15) is 0 Å². The molecule has 0 amide bonds. The van der Waals surface area contributed by atoms with E-state index < -0.39 is 0 Å². The summed E-state index contributed by atoms with van der Waals surface area (Å²) in [4.78, 5) is 8.67. The van der Waals surface area contributed by atoms with Crippen molar-refractivity contribution < 1.29 is 0 Å². The molecule has 0 atom stereocenters. The second-order valence-electron chi connectivity index (χ2n) is 6.20. The molecule has 3 rings (SSSR count). The van der Waals surface area contributed by atoms with Crippen molar-refractivity contribution in [2.75, 3.05) is 12.0 Å². The first-order valence-electron chi connectivity index (χ1n) is 7.69. The molecule has 2 aromatic heterocycles. The Balaban J connectivity index is 2.08. The largest absolute Gasteiger partial charge is 0.383 e. The van der Waals surface area contributed by atoms with Crippen molar-refractivity contribution >= 4 is 28.6 Å². The molecular weight excluding hydrogens is 280 g/mol. The Bertz CT molecular complexity index is 656. The molecule has 1 saturated carbocycles. The lowest BCUT2D eigenvalue weighted by Crippen LogP contribution is -2.33. The SMILES string of the molecule is CSC1(Cn2c(C)c(C)c3c(N)ncnc32)CCCCC1. The Morgan fingerprint density at radius 2 is 1.95 bits per heavy atom. The fraction of sp³-hybridized carbons (Fsp3) is 0.625. The van der Waals surface area contributed by atoms with Crippen LogP contribution in [0.3, 0.4) is 0 Å². The lowest BCUT2D eigenvalue weighted by molar-refractivity contribution is 0.359. The zero-order valence-corrected chi connectivity index (χ0v) is 14.0. The Hall–Kier alpha value is -1.23. The van der Waals surface area contributed by atoms with Gasteiger partial charge < -0.3 is 10.3 Å². The summed E-state index contributed by atoms with van der Waals surface area (Å²) < 4.78 is 2.71. The molecule has 5 heteroatoms. The minimum absolute atomic E-state index is 0.348. The molecule has 0 saturated heterocycles. The third kappa shape index (κ3) is 2.41. The standard InChI is InChI=1S/C16H24N4S/c1-11-12(2)20(15-13(11)14(17)18-10-19-15)9-16(21-3)7-5-4-6-8-16/h10H,4-9H2,1-3H3,(H2,17,18,19). The number of nitrogen functional groups attached to an aromatic ring is 1. The Morgan fingerprint density at radius 3 is 2.62 bits per heavy atom. The molecule has 1 fully saturated rings. The van der Waals surface area contributed by atoms with Crippen LogP contribution in [-0.2, 0) is 6.54 Å². The van der Waals surface area contributed by atoms with Crippen LogP contribution in [0.1, 0.15) is 43.4 Å². The van der Waals surface area contributed by atoms with Gasteiger partial charge in [-0.2, -0.15) is 11.8 Å². The molecule has 0 spiro atoms. The molecule has 0 aliphatic heterocycles. The van der Waals surface area contributed by atoms with E-state index in [4.69, 9.17) is 5.73 Å². The van der Waals surface area contributed by atoms with Crippen molar-refractivity contribution in [1.29, 1.82) is 0 Å². The van der Waals surface area contributed by atoms with Gasteiger partial charge in [0.2, 0.25) is 0 Å². The summed E-state index contributed by atoms with van der Waals surface area (Å²) in [6.07, 6.45) is 10.5. The number of aromatic nitrogens is 3. The molecule has 0 aromatic carbocycles. The highest BCUT2D eigenvalue weighted by atomic mass is 32.2. The van der Waals surface area contributed by atoms with Crippen molar-refractivity contribution in [3.05, 3.63) is 17.6 Å². The average Bonchev–Trinajstić information content (AvgIpc) is 2.74. The van der Waals surface area contributed by atoms with E-state index in [1.54, 1.807) is 6.33 Å². The maximum atomic E-state index is 6.07. The molecule has 2 N–H and O–H groups in total. The first kappa shape index (κ1) is 14.7. The van der Waals surface area contributed by atoms with E-state index in [0.29, 0.717) is 10.6 Å². The first-order valence-corrected chi connectivity index (χ1v) is 8.91. The van der Waals surface area contributed by atoms with Gasteiger partial charge in [0.1, 0.15) is 17.8 Å². The number of anilines is 1. The summed E-state index contributed by atoms with van der Waals surface area (Å²) in [6, 6.07) is 0. The van der Waals surface area contributed by atoms with Crippen LogP contribution in [0.25, 0.3) is 11.0 Å². The van der Waals surface area contributed by atoms with E-state index in [2.05, 4.69) is 34.6 Å². The highest BCUT2D eigenvalue weighted by Crippen LogP contribution is 2.41. The maximum Gasteiger partial charge on any atom is 0.145 e. The zero-order valence-electron chi connectivity index (χ0n) is 13.1. The third-order valence-corrected chi connectivity index (χ3v) is 6.48. The van der Waals surface area contributed by atoms with E-state index >= 15 is 0 Å². The topological polar surface area (TPSA) is 56.7 Å². The van der Waals surface area contributed by atoms with Crippen LogP contribution in [0.15, 0.2) is 6.33 Å². The van der Waals surface area contributed by atoms with Crippen molar-refractivity contribution in [2.45, 2.75) is 57.2 Å². The summed E-state index contributed by atoms with van der Waals surface area (Å²) in [5.74, 6) is 0.598.